The van der Waals surface area contributed by atoms with Gasteiger partial charge in [-0.1, -0.05) is 30.3 Å². The molecule has 0 bridgehead atoms. The maximum Gasteiger partial charge on any atom is 0.289 e. The Balaban J connectivity index is 1.54. The van der Waals surface area contributed by atoms with E-state index in [1.54, 1.807) is 18.5 Å². The van der Waals surface area contributed by atoms with Crippen LogP contribution in [0.3, 0.4) is 0 Å². The molecule has 0 fully saturated rings. The second-order valence-electron chi connectivity index (χ2n) is 8.75. The van der Waals surface area contributed by atoms with Gasteiger partial charge in [-0.25, -0.2) is 9.98 Å². The van der Waals surface area contributed by atoms with Gasteiger partial charge in [-0.3, -0.25) is 9.97 Å². The molecule has 0 saturated heterocycles. The number of hydrogen-bond donors (Lipinski definition) is 1. The number of hydrogen-bond acceptors (Lipinski definition) is 7. The van der Waals surface area contributed by atoms with E-state index in [-0.39, 0.29) is 6.02 Å². The van der Waals surface area contributed by atoms with Gasteiger partial charge >= 0.3 is 0 Å². The van der Waals surface area contributed by atoms with Gasteiger partial charge in [0.25, 0.3) is 6.02 Å². The highest BCUT2D eigenvalue weighted by molar-refractivity contribution is 5.83. The number of nitrogens with zero attached hydrogens (tertiary/aromatic N) is 4. The lowest BCUT2D eigenvalue weighted by Crippen LogP contribution is -2.39. The number of pyridine rings is 3. The zero-order valence-corrected chi connectivity index (χ0v) is 19.3. The Kier molecular flexibility index (Phi) is 4.56. The highest BCUT2D eigenvalue weighted by atomic mass is 19.1. The molecule has 5 aromatic rings. The molecular formula is C29H18FN5O2. The van der Waals surface area contributed by atoms with Crippen LogP contribution in [0.25, 0.3) is 22.4 Å². The van der Waals surface area contributed by atoms with Crippen LogP contribution in [-0.4, -0.2) is 21.0 Å². The number of fused-ring (bicyclic) bond motifs is 6. The zero-order chi connectivity index (χ0) is 25.0. The minimum absolute atomic E-state index is 0.0256. The van der Waals surface area contributed by atoms with Crippen LogP contribution in [0.4, 0.5) is 4.39 Å². The molecule has 0 saturated carbocycles. The Morgan fingerprint density at radius 2 is 1.54 bits per heavy atom. The standard InChI is InChI=1S/C29H18FN5O2/c30-27-13-18(9-11-33-27)23-14-22-26(16-34-23)36-25-8-7-17(19-4-3-10-32-15-19)12-21(25)29(22)20-5-1-2-6-24(20)37-28(31)35-29/h1-16H,(H2,31,35). The van der Waals surface area contributed by atoms with E-state index < -0.39 is 11.5 Å². The van der Waals surface area contributed by atoms with Crippen molar-refractivity contribution in [2.45, 2.75) is 5.54 Å². The van der Waals surface area contributed by atoms with Crippen LogP contribution in [0.2, 0.25) is 0 Å². The summed E-state index contributed by atoms with van der Waals surface area (Å²) >= 11 is 0. The molecule has 0 amide bonds. The van der Waals surface area contributed by atoms with E-state index in [2.05, 4.69) is 15.0 Å². The fraction of sp³-hybridized carbons (Fsp3) is 0.0345. The van der Waals surface area contributed by atoms with Crippen LogP contribution in [0.15, 0.2) is 103 Å². The Bertz CT molecular complexity index is 1720. The van der Waals surface area contributed by atoms with Crippen molar-refractivity contribution < 1.29 is 13.9 Å². The molecular weight excluding hydrogens is 469 g/mol. The Labute approximate surface area is 211 Å². The number of amidine groups is 1. The number of aromatic nitrogens is 3. The van der Waals surface area contributed by atoms with Crippen LogP contribution in [0.5, 0.6) is 17.2 Å². The highest BCUT2D eigenvalue weighted by Gasteiger charge is 2.48. The third kappa shape index (κ3) is 3.26. The van der Waals surface area contributed by atoms with E-state index in [4.69, 9.17) is 20.2 Å². The first-order chi connectivity index (χ1) is 18.1. The van der Waals surface area contributed by atoms with E-state index >= 15 is 0 Å². The van der Waals surface area contributed by atoms with Crippen molar-refractivity contribution in [1.82, 2.24) is 15.0 Å². The number of ether oxygens (including phenoxy) is 2. The SMILES string of the molecule is NC1=NC2(c3ccccc3O1)c1cc(-c3cccnc3)ccc1Oc1cnc(-c3ccnc(F)c3)cc12. The quantitative estimate of drug-likeness (QED) is 0.333. The summed E-state index contributed by atoms with van der Waals surface area (Å²) in [6.45, 7) is 0. The van der Waals surface area contributed by atoms with Crippen molar-refractivity contribution in [3.8, 4) is 39.6 Å². The molecule has 7 rings (SSSR count). The van der Waals surface area contributed by atoms with E-state index in [9.17, 15) is 4.39 Å². The summed E-state index contributed by atoms with van der Waals surface area (Å²) in [5, 5.41) is 0. The average molecular weight is 487 g/mol. The monoisotopic (exact) mass is 487 g/mol. The molecule has 5 heterocycles. The highest BCUT2D eigenvalue weighted by Crippen LogP contribution is 2.56. The molecule has 3 aromatic heterocycles. The van der Waals surface area contributed by atoms with Crippen LogP contribution in [0, 0.1) is 5.95 Å². The number of benzene rings is 2. The van der Waals surface area contributed by atoms with E-state index in [0.717, 1.165) is 22.3 Å². The van der Waals surface area contributed by atoms with Gasteiger partial charge in [-0.2, -0.15) is 4.39 Å². The van der Waals surface area contributed by atoms with Gasteiger partial charge in [0.1, 0.15) is 11.5 Å². The smallest absolute Gasteiger partial charge is 0.289 e. The molecule has 2 aromatic carbocycles. The van der Waals surface area contributed by atoms with Crippen molar-refractivity contribution in [2.75, 3.05) is 0 Å². The summed E-state index contributed by atoms with van der Waals surface area (Å²) < 4.78 is 26.2. The molecule has 0 radical (unpaired) electrons. The molecule has 2 N–H and O–H groups in total. The van der Waals surface area contributed by atoms with Crippen LogP contribution in [-0.2, 0) is 5.54 Å². The van der Waals surface area contributed by atoms with Crippen LogP contribution < -0.4 is 15.2 Å². The van der Waals surface area contributed by atoms with Crippen molar-refractivity contribution in [1.29, 1.82) is 0 Å². The second kappa shape index (κ2) is 7.96. The molecule has 178 valence electrons. The molecule has 1 unspecified atom stereocenters. The molecule has 1 atom stereocenters. The summed E-state index contributed by atoms with van der Waals surface area (Å²) in [5.74, 6) is 1.15. The largest absolute Gasteiger partial charge is 0.455 e. The zero-order valence-electron chi connectivity index (χ0n) is 19.3. The van der Waals surface area contributed by atoms with Gasteiger partial charge in [-0.15, -0.1) is 0 Å². The summed E-state index contributed by atoms with van der Waals surface area (Å²) in [6.07, 6.45) is 6.58. The number of para-hydroxylation sites is 1. The second-order valence-corrected chi connectivity index (χ2v) is 8.75. The lowest BCUT2D eigenvalue weighted by molar-refractivity contribution is 0.398. The molecule has 0 aliphatic carbocycles. The fourth-order valence-corrected chi connectivity index (χ4v) is 5.03. The summed E-state index contributed by atoms with van der Waals surface area (Å²) in [7, 11) is 0. The lowest BCUT2D eigenvalue weighted by atomic mass is 9.74. The number of rotatable bonds is 2. The van der Waals surface area contributed by atoms with Crippen molar-refractivity contribution in [3.05, 3.63) is 120 Å². The van der Waals surface area contributed by atoms with Gasteiger partial charge in [0.05, 0.1) is 11.9 Å². The van der Waals surface area contributed by atoms with Crippen LogP contribution >= 0.6 is 0 Å². The van der Waals surface area contributed by atoms with Crippen molar-refractivity contribution in [2.24, 2.45) is 10.7 Å². The van der Waals surface area contributed by atoms with E-state index in [1.165, 1.54) is 12.3 Å². The van der Waals surface area contributed by atoms with Gasteiger partial charge < -0.3 is 15.2 Å². The predicted molar refractivity (Wildman–Crippen MR) is 136 cm³/mol. The number of aliphatic imine (C=N–C) groups is 1. The Morgan fingerprint density at radius 1 is 0.676 bits per heavy atom. The number of halogens is 1. The Morgan fingerprint density at radius 3 is 2.41 bits per heavy atom. The molecule has 1 spiro atoms. The van der Waals surface area contributed by atoms with Crippen LogP contribution in [0.1, 0.15) is 16.7 Å². The van der Waals surface area contributed by atoms with Crippen molar-refractivity contribution >= 4 is 6.02 Å². The lowest BCUT2D eigenvalue weighted by Gasteiger charge is -2.40. The topological polar surface area (TPSA) is 95.5 Å². The van der Waals surface area contributed by atoms with Gasteiger partial charge in [0.2, 0.25) is 5.95 Å². The average Bonchev–Trinajstić information content (AvgIpc) is 2.93. The van der Waals surface area contributed by atoms with Gasteiger partial charge in [0, 0.05) is 52.5 Å². The number of nitrogens with two attached hydrogens (primary N) is 1. The first kappa shape index (κ1) is 21.2. The van der Waals surface area contributed by atoms with Crippen molar-refractivity contribution in [3.63, 3.8) is 0 Å². The summed E-state index contributed by atoms with van der Waals surface area (Å²) in [5.41, 5.74) is 10.5. The third-order valence-electron chi connectivity index (χ3n) is 6.63. The van der Waals surface area contributed by atoms with E-state index in [1.807, 2.05) is 66.9 Å². The minimum Gasteiger partial charge on any atom is -0.455 e. The molecule has 37 heavy (non-hydrogen) atoms. The minimum atomic E-state index is -1.09. The van der Waals surface area contributed by atoms with Gasteiger partial charge in [-0.05, 0) is 42.0 Å². The molecule has 8 heteroatoms. The molecule has 2 aliphatic heterocycles. The maximum absolute atomic E-state index is 14.0. The normalized spacial score (nSPS) is 17.1. The van der Waals surface area contributed by atoms with E-state index in [0.29, 0.717) is 34.1 Å². The molecule has 7 nitrogen and oxygen atoms in total. The first-order valence-electron chi connectivity index (χ1n) is 11.6. The predicted octanol–water partition coefficient (Wildman–Crippen LogP) is 5.45. The third-order valence-corrected chi connectivity index (χ3v) is 6.63. The summed E-state index contributed by atoms with van der Waals surface area (Å²) in [6, 6.07) is 22.4. The molecule has 2 aliphatic rings. The summed E-state index contributed by atoms with van der Waals surface area (Å²) in [4.78, 5) is 17.4. The van der Waals surface area contributed by atoms with Gasteiger partial charge in [0.15, 0.2) is 11.3 Å². The maximum atomic E-state index is 14.0. The fourth-order valence-electron chi connectivity index (χ4n) is 5.03. The Hall–Kier alpha value is -5.11. The first-order valence-corrected chi connectivity index (χ1v) is 11.6.